The molecule has 0 atom stereocenters. The average molecular weight is 287 g/mol. The SMILES string of the molecule is CC(=O)SCCC#Cc1ccc(O)c(-c2ccno2)c1. The molecule has 1 aromatic heterocycles. The molecular weight excluding hydrogens is 274 g/mol. The molecule has 0 fully saturated rings. The molecule has 0 aliphatic heterocycles. The van der Waals surface area contributed by atoms with Gasteiger partial charge in [0.1, 0.15) is 5.75 Å². The maximum atomic E-state index is 10.8. The first-order valence-corrected chi connectivity index (χ1v) is 7.01. The molecule has 20 heavy (non-hydrogen) atoms. The minimum Gasteiger partial charge on any atom is -0.507 e. The summed E-state index contributed by atoms with van der Waals surface area (Å²) >= 11 is 1.27. The van der Waals surface area contributed by atoms with E-state index in [-0.39, 0.29) is 10.9 Å². The summed E-state index contributed by atoms with van der Waals surface area (Å²) in [4.78, 5) is 10.8. The van der Waals surface area contributed by atoms with Gasteiger partial charge in [0.05, 0.1) is 11.8 Å². The molecule has 5 heteroatoms. The highest BCUT2D eigenvalue weighted by Gasteiger charge is 2.08. The zero-order chi connectivity index (χ0) is 14.4. The number of phenolic OH excluding ortho intramolecular Hbond substituents is 1. The lowest BCUT2D eigenvalue weighted by molar-refractivity contribution is -0.109. The number of thioether (sulfide) groups is 1. The van der Waals surface area contributed by atoms with Gasteiger partial charge in [-0.25, -0.2) is 0 Å². The summed E-state index contributed by atoms with van der Waals surface area (Å²) in [6, 6.07) is 6.74. The van der Waals surface area contributed by atoms with Crippen molar-refractivity contribution in [1.82, 2.24) is 5.16 Å². The van der Waals surface area contributed by atoms with Gasteiger partial charge in [0.25, 0.3) is 0 Å². The van der Waals surface area contributed by atoms with Crippen LogP contribution in [0.2, 0.25) is 0 Å². The van der Waals surface area contributed by atoms with Crippen LogP contribution in [-0.2, 0) is 4.79 Å². The molecule has 2 rings (SSSR count). The number of nitrogens with zero attached hydrogens (tertiary/aromatic N) is 1. The number of rotatable bonds is 3. The predicted molar refractivity (Wildman–Crippen MR) is 78.2 cm³/mol. The predicted octanol–water partition coefficient (Wildman–Crippen LogP) is 3.07. The standard InChI is InChI=1S/C15H13NO3S/c1-11(17)20-9-3-2-4-12-5-6-14(18)13(10-12)15-7-8-16-19-15/h5-8,10,18H,3,9H2,1H3. The zero-order valence-corrected chi connectivity index (χ0v) is 11.7. The molecule has 0 radical (unpaired) electrons. The number of benzene rings is 1. The molecule has 0 amide bonds. The maximum Gasteiger partial charge on any atom is 0.185 e. The van der Waals surface area contributed by atoms with Crippen LogP contribution in [0.1, 0.15) is 18.9 Å². The minimum absolute atomic E-state index is 0.101. The molecular formula is C15H13NO3S. The van der Waals surface area contributed by atoms with Crippen LogP contribution in [0.5, 0.6) is 5.75 Å². The van der Waals surface area contributed by atoms with Gasteiger partial charge in [0.15, 0.2) is 10.9 Å². The fourth-order valence-corrected chi connectivity index (χ4v) is 2.07. The highest BCUT2D eigenvalue weighted by molar-refractivity contribution is 8.13. The van der Waals surface area contributed by atoms with Crippen molar-refractivity contribution in [2.75, 3.05) is 5.75 Å². The van der Waals surface area contributed by atoms with E-state index in [1.54, 1.807) is 31.2 Å². The largest absolute Gasteiger partial charge is 0.507 e. The lowest BCUT2D eigenvalue weighted by Crippen LogP contribution is -1.84. The van der Waals surface area contributed by atoms with Crippen LogP contribution < -0.4 is 0 Å². The fraction of sp³-hybridized carbons (Fsp3) is 0.200. The first-order chi connectivity index (χ1) is 9.66. The smallest absolute Gasteiger partial charge is 0.185 e. The van der Waals surface area contributed by atoms with Gasteiger partial charge in [0.2, 0.25) is 0 Å². The normalized spacial score (nSPS) is 9.85. The summed E-state index contributed by atoms with van der Waals surface area (Å²) in [7, 11) is 0. The molecule has 1 aromatic carbocycles. The second-order valence-corrected chi connectivity index (χ2v) is 5.27. The molecule has 1 N–H and O–H groups in total. The van der Waals surface area contributed by atoms with Gasteiger partial charge in [-0.3, -0.25) is 4.79 Å². The Morgan fingerprint density at radius 3 is 3.00 bits per heavy atom. The molecule has 0 saturated carbocycles. The van der Waals surface area contributed by atoms with E-state index in [0.29, 0.717) is 23.5 Å². The van der Waals surface area contributed by atoms with Crippen molar-refractivity contribution in [3.63, 3.8) is 0 Å². The van der Waals surface area contributed by atoms with Crippen molar-refractivity contribution in [3.05, 3.63) is 36.0 Å². The Hall–Kier alpha value is -2.19. The summed E-state index contributed by atoms with van der Waals surface area (Å²) in [5, 5.41) is 13.5. The second kappa shape index (κ2) is 6.83. The van der Waals surface area contributed by atoms with E-state index in [1.165, 1.54) is 18.0 Å². The summed E-state index contributed by atoms with van der Waals surface area (Å²) in [6.45, 7) is 1.54. The molecule has 102 valence electrons. The number of hydrogen-bond acceptors (Lipinski definition) is 5. The molecule has 4 nitrogen and oxygen atoms in total. The highest BCUT2D eigenvalue weighted by atomic mass is 32.2. The van der Waals surface area contributed by atoms with Crippen molar-refractivity contribution in [3.8, 4) is 28.9 Å². The lowest BCUT2D eigenvalue weighted by Gasteiger charge is -2.00. The van der Waals surface area contributed by atoms with Crippen LogP contribution in [0, 0.1) is 11.8 Å². The first-order valence-electron chi connectivity index (χ1n) is 6.03. The molecule has 0 bridgehead atoms. The summed E-state index contributed by atoms with van der Waals surface area (Å²) in [5.74, 6) is 7.31. The highest BCUT2D eigenvalue weighted by Crippen LogP contribution is 2.29. The van der Waals surface area contributed by atoms with Crippen molar-refractivity contribution in [2.24, 2.45) is 0 Å². The molecule has 0 saturated heterocycles. The van der Waals surface area contributed by atoms with Crippen molar-refractivity contribution < 1.29 is 14.4 Å². The van der Waals surface area contributed by atoms with Gasteiger partial charge >= 0.3 is 0 Å². The zero-order valence-electron chi connectivity index (χ0n) is 10.9. The molecule has 0 aliphatic carbocycles. The third-order valence-corrected chi connectivity index (χ3v) is 3.28. The van der Waals surface area contributed by atoms with E-state index in [9.17, 15) is 9.90 Å². The quantitative estimate of drug-likeness (QED) is 0.694. The van der Waals surface area contributed by atoms with Crippen LogP contribution in [0.3, 0.4) is 0 Å². The average Bonchev–Trinajstić information content (AvgIpc) is 2.93. The topological polar surface area (TPSA) is 63.3 Å². The van der Waals surface area contributed by atoms with Crippen LogP contribution in [0.25, 0.3) is 11.3 Å². The van der Waals surface area contributed by atoms with Crippen molar-refractivity contribution in [2.45, 2.75) is 13.3 Å². The van der Waals surface area contributed by atoms with E-state index in [2.05, 4.69) is 17.0 Å². The van der Waals surface area contributed by atoms with E-state index < -0.39 is 0 Å². The lowest BCUT2D eigenvalue weighted by atomic mass is 10.1. The molecule has 0 spiro atoms. The Bertz CT molecular complexity index is 653. The van der Waals surface area contributed by atoms with Gasteiger partial charge in [-0.15, -0.1) is 0 Å². The van der Waals surface area contributed by atoms with Gasteiger partial charge in [-0.05, 0) is 18.2 Å². The third-order valence-electron chi connectivity index (χ3n) is 2.46. The van der Waals surface area contributed by atoms with Crippen LogP contribution >= 0.6 is 11.8 Å². The van der Waals surface area contributed by atoms with Gasteiger partial charge in [-0.2, -0.15) is 0 Å². The number of carbonyl (C=O) groups excluding carboxylic acids is 1. The van der Waals surface area contributed by atoms with Crippen molar-refractivity contribution in [1.29, 1.82) is 0 Å². The van der Waals surface area contributed by atoms with Crippen LogP contribution in [-0.4, -0.2) is 21.1 Å². The number of aromatic hydroxyl groups is 1. The first kappa shape index (κ1) is 14.2. The second-order valence-electron chi connectivity index (χ2n) is 4.00. The third kappa shape index (κ3) is 3.90. The van der Waals surface area contributed by atoms with Crippen molar-refractivity contribution >= 4 is 16.9 Å². The Balaban J connectivity index is 2.09. The summed E-state index contributed by atoms with van der Waals surface area (Å²) in [5.41, 5.74) is 1.34. The van der Waals surface area contributed by atoms with E-state index in [1.807, 2.05) is 0 Å². The fourth-order valence-electron chi connectivity index (χ4n) is 1.58. The van der Waals surface area contributed by atoms with Gasteiger partial charge in [-0.1, -0.05) is 28.8 Å². The number of aromatic nitrogens is 1. The Labute approximate surface area is 121 Å². The Morgan fingerprint density at radius 2 is 2.30 bits per heavy atom. The van der Waals surface area contributed by atoms with E-state index in [0.717, 1.165) is 5.56 Å². The summed E-state index contributed by atoms with van der Waals surface area (Å²) < 4.78 is 5.03. The van der Waals surface area contributed by atoms with Gasteiger partial charge in [0, 0.05) is 30.7 Å². The van der Waals surface area contributed by atoms with Gasteiger partial charge < -0.3 is 9.63 Å². The number of phenols is 1. The summed E-state index contributed by atoms with van der Waals surface area (Å²) in [6.07, 6.45) is 2.16. The molecule has 0 aliphatic rings. The van der Waals surface area contributed by atoms with Crippen LogP contribution in [0.15, 0.2) is 35.0 Å². The molecule has 0 unspecified atom stereocenters. The van der Waals surface area contributed by atoms with E-state index >= 15 is 0 Å². The molecule has 2 aromatic rings. The van der Waals surface area contributed by atoms with E-state index in [4.69, 9.17) is 4.52 Å². The molecule has 1 heterocycles. The number of carbonyl (C=O) groups is 1. The minimum atomic E-state index is 0.101. The Morgan fingerprint density at radius 1 is 1.45 bits per heavy atom. The van der Waals surface area contributed by atoms with Crippen LogP contribution in [0.4, 0.5) is 0 Å². The Kier molecular flexibility index (Phi) is 4.85. The monoisotopic (exact) mass is 287 g/mol. The number of hydrogen-bond donors (Lipinski definition) is 1. The maximum absolute atomic E-state index is 10.8.